The number of aliphatic hydroxyl groups excluding tert-OH is 1. The molecule has 8 heteroatoms. The number of esters is 3. The minimum atomic E-state index is -1.56. The van der Waals surface area contributed by atoms with Crippen LogP contribution >= 0.6 is 0 Å². The van der Waals surface area contributed by atoms with E-state index >= 15 is 0 Å². The lowest BCUT2D eigenvalue weighted by Gasteiger charge is -2.65. The second-order valence-electron chi connectivity index (χ2n) is 10.1. The number of cyclic esters (lactones) is 1. The molecule has 8 nitrogen and oxygen atoms in total. The number of rotatable bonds is 7. The van der Waals surface area contributed by atoms with Crippen molar-refractivity contribution in [2.75, 3.05) is 19.8 Å². The molecule has 0 unspecified atom stereocenters. The van der Waals surface area contributed by atoms with Crippen LogP contribution in [0.3, 0.4) is 0 Å². The zero-order chi connectivity index (χ0) is 23.7. The van der Waals surface area contributed by atoms with Gasteiger partial charge in [0.05, 0.1) is 12.0 Å². The van der Waals surface area contributed by atoms with Crippen molar-refractivity contribution < 1.29 is 38.8 Å². The van der Waals surface area contributed by atoms with E-state index in [-0.39, 0.29) is 29.8 Å². The highest BCUT2D eigenvalue weighted by atomic mass is 16.6. The molecule has 2 fully saturated rings. The smallest absolute Gasteiger partial charge is 0.331 e. The first-order chi connectivity index (χ1) is 15.0. The molecule has 2 N–H and O–H groups in total. The Morgan fingerprint density at radius 2 is 2.00 bits per heavy atom. The van der Waals surface area contributed by atoms with Gasteiger partial charge in [0, 0.05) is 19.9 Å². The Bertz CT molecular complexity index is 791. The van der Waals surface area contributed by atoms with Crippen LogP contribution in [0.2, 0.25) is 0 Å². The maximum absolute atomic E-state index is 12.0. The van der Waals surface area contributed by atoms with Gasteiger partial charge in [-0.3, -0.25) is 9.59 Å². The van der Waals surface area contributed by atoms with Crippen molar-refractivity contribution in [1.82, 2.24) is 0 Å². The molecule has 0 aromatic rings. The first-order valence-electron chi connectivity index (χ1n) is 11.5. The fraction of sp³-hybridized carbons (Fsp3) is 0.792. The summed E-state index contributed by atoms with van der Waals surface area (Å²) in [5, 5.41) is 22.1. The van der Waals surface area contributed by atoms with Crippen LogP contribution < -0.4 is 0 Å². The van der Waals surface area contributed by atoms with Crippen LogP contribution in [0.15, 0.2) is 11.6 Å². The molecule has 180 valence electrons. The molecule has 2 saturated carbocycles. The highest BCUT2D eigenvalue weighted by molar-refractivity contribution is 5.85. The Kier molecular flexibility index (Phi) is 7.05. The topological polar surface area (TPSA) is 119 Å². The van der Waals surface area contributed by atoms with Crippen molar-refractivity contribution in [3.63, 3.8) is 0 Å². The predicted molar refractivity (Wildman–Crippen MR) is 114 cm³/mol. The Morgan fingerprint density at radius 1 is 1.28 bits per heavy atom. The molecule has 1 heterocycles. The van der Waals surface area contributed by atoms with Crippen LogP contribution in [-0.2, 0) is 28.6 Å². The van der Waals surface area contributed by atoms with Crippen LogP contribution in [0.1, 0.15) is 66.2 Å². The number of hydrogen-bond donors (Lipinski definition) is 2. The van der Waals surface area contributed by atoms with Crippen molar-refractivity contribution in [2.45, 2.75) is 77.9 Å². The van der Waals surface area contributed by atoms with Gasteiger partial charge in [0.15, 0.2) is 0 Å². The normalized spacial score (nSPS) is 39.0. The SMILES string of the molecule is CC(=O)OC[C@@]12[C@@H](OC(C)=O)C[C@@H](C)[C@](C)(CCC3=CC(=O)OC3)[C@H]1CCC[C@]2(O)CO. The summed E-state index contributed by atoms with van der Waals surface area (Å²) in [5.74, 6) is -1.33. The van der Waals surface area contributed by atoms with Crippen molar-refractivity contribution in [1.29, 1.82) is 0 Å². The zero-order valence-electron chi connectivity index (χ0n) is 19.5. The summed E-state index contributed by atoms with van der Waals surface area (Å²) in [6.45, 7) is 6.57. The van der Waals surface area contributed by atoms with Gasteiger partial charge >= 0.3 is 17.9 Å². The van der Waals surface area contributed by atoms with E-state index in [1.165, 1.54) is 19.9 Å². The van der Waals surface area contributed by atoms with Gasteiger partial charge in [0.1, 0.15) is 24.9 Å². The predicted octanol–water partition coefficient (Wildman–Crippen LogP) is 2.30. The lowest BCUT2D eigenvalue weighted by atomic mass is 9.42. The largest absolute Gasteiger partial charge is 0.465 e. The minimum Gasteiger partial charge on any atom is -0.465 e. The van der Waals surface area contributed by atoms with Gasteiger partial charge in [0.25, 0.3) is 0 Å². The van der Waals surface area contributed by atoms with Crippen molar-refractivity contribution in [3.8, 4) is 0 Å². The standard InChI is InChI=1S/C24H36O8/c1-15-10-20(32-17(3)27)24(14-31-16(2)26)19(6-5-8-23(24,29)13-25)22(15,4)9-7-18-11-21(28)30-12-18/h11,15,19-20,25,29H,5-10,12-14H2,1-4H3/t15-,19-,20+,22+,23+,24+/m1/s1. The first kappa shape index (κ1) is 24.7. The van der Waals surface area contributed by atoms with Crippen LogP contribution in [0.4, 0.5) is 0 Å². The van der Waals surface area contributed by atoms with Crippen molar-refractivity contribution in [3.05, 3.63) is 11.6 Å². The summed E-state index contributed by atoms with van der Waals surface area (Å²) in [4.78, 5) is 35.3. The summed E-state index contributed by atoms with van der Waals surface area (Å²) < 4.78 is 16.3. The van der Waals surface area contributed by atoms with E-state index in [4.69, 9.17) is 14.2 Å². The molecule has 6 atom stereocenters. The molecule has 0 spiro atoms. The highest BCUT2D eigenvalue weighted by Gasteiger charge is 2.69. The number of fused-ring (bicyclic) bond motifs is 1. The molecule has 0 radical (unpaired) electrons. The molecule has 0 aromatic heterocycles. The minimum absolute atomic E-state index is 0.127. The Morgan fingerprint density at radius 3 is 2.56 bits per heavy atom. The van der Waals surface area contributed by atoms with E-state index in [2.05, 4.69) is 13.8 Å². The first-order valence-corrected chi connectivity index (χ1v) is 11.5. The molecule has 3 aliphatic rings. The van der Waals surface area contributed by atoms with E-state index in [1.807, 2.05) is 0 Å². The Labute approximate surface area is 189 Å². The second-order valence-corrected chi connectivity index (χ2v) is 10.1. The van der Waals surface area contributed by atoms with Gasteiger partial charge in [-0.1, -0.05) is 20.3 Å². The third-order valence-corrected chi connectivity index (χ3v) is 8.43. The lowest BCUT2D eigenvalue weighted by molar-refractivity contribution is -0.282. The summed E-state index contributed by atoms with van der Waals surface area (Å²) in [6, 6.07) is 0. The number of carbonyl (C=O) groups excluding carboxylic acids is 3. The zero-order valence-corrected chi connectivity index (χ0v) is 19.5. The summed E-state index contributed by atoms with van der Waals surface area (Å²) in [7, 11) is 0. The summed E-state index contributed by atoms with van der Waals surface area (Å²) >= 11 is 0. The van der Waals surface area contributed by atoms with Gasteiger partial charge in [-0.15, -0.1) is 0 Å². The molecule has 0 bridgehead atoms. The van der Waals surface area contributed by atoms with Crippen LogP contribution in [-0.4, -0.2) is 59.6 Å². The monoisotopic (exact) mass is 452 g/mol. The number of hydrogen-bond acceptors (Lipinski definition) is 8. The summed E-state index contributed by atoms with van der Waals surface area (Å²) in [6.07, 6.45) is 4.50. The van der Waals surface area contributed by atoms with E-state index in [0.29, 0.717) is 32.3 Å². The highest BCUT2D eigenvalue weighted by Crippen LogP contribution is 2.65. The fourth-order valence-corrected chi connectivity index (χ4v) is 6.54. The van der Waals surface area contributed by atoms with Gasteiger partial charge in [-0.05, 0) is 54.9 Å². The molecule has 0 saturated heterocycles. The van der Waals surface area contributed by atoms with Crippen LogP contribution in [0.5, 0.6) is 0 Å². The molecular weight excluding hydrogens is 416 g/mol. The molecule has 3 rings (SSSR count). The number of aliphatic hydroxyl groups is 2. The van der Waals surface area contributed by atoms with E-state index in [1.54, 1.807) is 0 Å². The third kappa shape index (κ3) is 4.19. The summed E-state index contributed by atoms with van der Waals surface area (Å²) in [5.41, 5.74) is -2.07. The van der Waals surface area contributed by atoms with Gasteiger partial charge < -0.3 is 24.4 Å². The maximum atomic E-state index is 12.0. The van der Waals surface area contributed by atoms with Crippen LogP contribution in [0.25, 0.3) is 0 Å². The number of ether oxygens (including phenoxy) is 3. The Balaban J connectivity index is 2.06. The van der Waals surface area contributed by atoms with Crippen LogP contribution in [0, 0.1) is 22.7 Å². The Hall–Kier alpha value is -1.93. The number of carbonyl (C=O) groups is 3. The van der Waals surface area contributed by atoms with Crippen molar-refractivity contribution >= 4 is 17.9 Å². The second kappa shape index (κ2) is 9.14. The van der Waals surface area contributed by atoms with E-state index in [9.17, 15) is 24.6 Å². The average molecular weight is 453 g/mol. The molecule has 0 amide bonds. The van der Waals surface area contributed by atoms with E-state index in [0.717, 1.165) is 18.4 Å². The lowest BCUT2D eigenvalue weighted by Crippen LogP contribution is -2.71. The van der Waals surface area contributed by atoms with Gasteiger partial charge in [0.2, 0.25) is 0 Å². The molecule has 0 aromatic carbocycles. The maximum Gasteiger partial charge on any atom is 0.331 e. The molecule has 32 heavy (non-hydrogen) atoms. The fourth-order valence-electron chi connectivity index (χ4n) is 6.54. The molecular formula is C24H36O8. The molecule has 1 aliphatic heterocycles. The van der Waals surface area contributed by atoms with Gasteiger partial charge in [-0.25, -0.2) is 4.79 Å². The van der Waals surface area contributed by atoms with Crippen molar-refractivity contribution in [2.24, 2.45) is 22.7 Å². The van der Waals surface area contributed by atoms with Gasteiger partial charge in [-0.2, -0.15) is 0 Å². The molecule has 2 aliphatic carbocycles. The average Bonchev–Trinajstić information content (AvgIpc) is 3.14. The van der Waals surface area contributed by atoms with E-state index < -0.39 is 35.7 Å². The third-order valence-electron chi connectivity index (χ3n) is 8.43. The quantitative estimate of drug-likeness (QED) is 0.446.